The Kier molecular flexibility index (Phi) is 9.69. The van der Waals surface area contributed by atoms with Crippen LogP contribution in [0.25, 0.3) is 0 Å². The fourth-order valence-corrected chi connectivity index (χ4v) is 5.40. The van der Waals surface area contributed by atoms with Crippen molar-refractivity contribution < 1.29 is 0 Å². The molecule has 4 aromatic rings. The summed E-state index contributed by atoms with van der Waals surface area (Å²) in [7, 11) is 0. The molecule has 0 saturated carbocycles. The van der Waals surface area contributed by atoms with Gasteiger partial charge < -0.3 is 22.9 Å². The second-order valence-electron chi connectivity index (χ2n) is 10.7. The predicted octanol–water partition coefficient (Wildman–Crippen LogP) is 7.08. The third-order valence-electron chi connectivity index (χ3n) is 7.73. The smallest absolute Gasteiger partial charge is 0.0314 e. The molecule has 0 saturated heterocycles. The highest BCUT2D eigenvalue weighted by molar-refractivity contribution is 5.41. The van der Waals surface area contributed by atoms with Crippen LogP contribution in [0.2, 0.25) is 0 Å². The Bertz CT molecular complexity index is 1180. The van der Waals surface area contributed by atoms with E-state index in [1.165, 1.54) is 28.7 Å². The molecule has 0 aliphatic rings. The van der Waals surface area contributed by atoms with Crippen molar-refractivity contribution in [2.24, 2.45) is 11.8 Å². The van der Waals surface area contributed by atoms with Gasteiger partial charge in [0.05, 0.1) is 0 Å². The molecule has 0 aromatic heterocycles. The molecule has 1 unspecified atom stereocenters. The molecule has 0 aliphatic heterocycles. The van der Waals surface area contributed by atoms with Crippen molar-refractivity contribution in [1.29, 1.82) is 0 Å². The molecular formula is C34H42N4. The summed E-state index contributed by atoms with van der Waals surface area (Å²) in [5.41, 5.74) is 32.4. The Morgan fingerprint density at radius 3 is 1.11 bits per heavy atom. The maximum absolute atomic E-state index is 5.99. The number of nitrogens with two attached hydrogens (primary N) is 4. The van der Waals surface area contributed by atoms with E-state index in [0.717, 1.165) is 67.7 Å². The molecule has 0 fully saturated rings. The Morgan fingerprint density at radius 2 is 0.711 bits per heavy atom. The Labute approximate surface area is 228 Å². The van der Waals surface area contributed by atoms with Crippen LogP contribution in [0.4, 0.5) is 22.7 Å². The first kappa shape index (κ1) is 27.1. The molecule has 4 heteroatoms. The first-order valence-corrected chi connectivity index (χ1v) is 13.8. The summed E-state index contributed by atoms with van der Waals surface area (Å²) in [6.07, 6.45) is 8.90. The molecule has 0 amide bonds. The fourth-order valence-electron chi connectivity index (χ4n) is 5.40. The number of nitrogen functional groups attached to an aromatic ring is 4. The Hall–Kier alpha value is -3.92. The third kappa shape index (κ3) is 8.58. The van der Waals surface area contributed by atoms with Crippen LogP contribution in [0, 0.1) is 11.8 Å². The van der Waals surface area contributed by atoms with Gasteiger partial charge in [-0.2, -0.15) is 0 Å². The van der Waals surface area contributed by atoms with Crippen molar-refractivity contribution in [3.8, 4) is 0 Å². The molecule has 0 bridgehead atoms. The maximum Gasteiger partial charge on any atom is 0.0314 e. The van der Waals surface area contributed by atoms with E-state index in [-0.39, 0.29) is 0 Å². The van der Waals surface area contributed by atoms with E-state index in [9.17, 15) is 0 Å². The van der Waals surface area contributed by atoms with Gasteiger partial charge in [-0.05, 0) is 134 Å². The number of benzene rings is 4. The van der Waals surface area contributed by atoms with Gasteiger partial charge in [0, 0.05) is 22.7 Å². The number of anilines is 4. The lowest BCUT2D eigenvalue weighted by atomic mass is 9.77. The third-order valence-corrected chi connectivity index (χ3v) is 7.73. The molecule has 0 aliphatic carbocycles. The molecule has 0 radical (unpaired) electrons. The molecule has 4 aromatic carbocycles. The quantitative estimate of drug-likeness (QED) is 0.145. The number of aryl methyl sites for hydroxylation is 3. The van der Waals surface area contributed by atoms with Gasteiger partial charge in [0.25, 0.3) is 0 Å². The normalized spacial score (nSPS) is 12.0. The first-order chi connectivity index (χ1) is 18.4. The average Bonchev–Trinajstić information content (AvgIpc) is 2.92. The van der Waals surface area contributed by atoms with Crippen molar-refractivity contribution in [2.45, 2.75) is 51.4 Å². The van der Waals surface area contributed by atoms with E-state index < -0.39 is 0 Å². The van der Waals surface area contributed by atoms with Crippen molar-refractivity contribution in [2.75, 3.05) is 22.9 Å². The zero-order valence-corrected chi connectivity index (χ0v) is 22.4. The van der Waals surface area contributed by atoms with E-state index in [4.69, 9.17) is 22.9 Å². The Balaban J connectivity index is 1.51. The molecule has 8 N–H and O–H groups in total. The van der Waals surface area contributed by atoms with Gasteiger partial charge in [-0.15, -0.1) is 0 Å². The van der Waals surface area contributed by atoms with Crippen LogP contribution < -0.4 is 22.9 Å². The molecule has 1 atom stereocenters. The summed E-state index contributed by atoms with van der Waals surface area (Å²) in [5.74, 6) is 1.17. The molecule has 4 nitrogen and oxygen atoms in total. The van der Waals surface area contributed by atoms with E-state index >= 15 is 0 Å². The highest BCUT2D eigenvalue weighted by Gasteiger charge is 2.22. The van der Waals surface area contributed by atoms with E-state index in [1.807, 2.05) is 48.5 Å². The van der Waals surface area contributed by atoms with Crippen LogP contribution in [-0.4, -0.2) is 0 Å². The van der Waals surface area contributed by atoms with Gasteiger partial charge in [0.2, 0.25) is 0 Å². The van der Waals surface area contributed by atoms with Gasteiger partial charge in [0.1, 0.15) is 0 Å². The summed E-state index contributed by atoms with van der Waals surface area (Å²) in [6.45, 7) is 0. The van der Waals surface area contributed by atoms with Gasteiger partial charge in [-0.3, -0.25) is 0 Å². The highest BCUT2D eigenvalue weighted by Crippen LogP contribution is 2.32. The van der Waals surface area contributed by atoms with Gasteiger partial charge >= 0.3 is 0 Å². The highest BCUT2D eigenvalue weighted by atomic mass is 14.5. The zero-order chi connectivity index (χ0) is 26.7. The Morgan fingerprint density at radius 1 is 0.368 bits per heavy atom. The minimum atomic E-state index is 0.579. The van der Waals surface area contributed by atoms with Crippen LogP contribution in [0.3, 0.4) is 0 Å². The van der Waals surface area contributed by atoms with Gasteiger partial charge in [-0.1, -0.05) is 48.5 Å². The summed E-state index contributed by atoms with van der Waals surface area (Å²) >= 11 is 0. The minimum Gasteiger partial charge on any atom is -0.399 e. The first-order valence-electron chi connectivity index (χ1n) is 13.8. The molecular weight excluding hydrogens is 464 g/mol. The number of hydrogen-bond acceptors (Lipinski definition) is 4. The molecule has 0 spiro atoms. The van der Waals surface area contributed by atoms with Crippen LogP contribution >= 0.6 is 0 Å². The average molecular weight is 507 g/mol. The summed E-state index contributed by atoms with van der Waals surface area (Å²) in [5, 5.41) is 0. The molecule has 38 heavy (non-hydrogen) atoms. The lowest BCUT2D eigenvalue weighted by molar-refractivity contribution is 0.271. The SMILES string of the molecule is Nc1ccc(CCCC(Cc2ccc(N)cc2)C(CCc2ccc(N)cc2)CCc2ccc(N)cc2)cc1. The van der Waals surface area contributed by atoms with Gasteiger partial charge in [0.15, 0.2) is 0 Å². The molecule has 4 rings (SSSR count). The van der Waals surface area contributed by atoms with E-state index in [1.54, 1.807) is 0 Å². The zero-order valence-electron chi connectivity index (χ0n) is 22.4. The topological polar surface area (TPSA) is 104 Å². The van der Waals surface area contributed by atoms with Crippen molar-refractivity contribution >= 4 is 22.7 Å². The van der Waals surface area contributed by atoms with Crippen LogP contribution in [-0.2, 0) is 25.7 Å². The van der Waals surface area contributed by atoms with Crippen LogP contribution in [0.15, 0.2) is 97.1 Å². The molecule has 0 heterocycles. The standard InChI is InChI=1S/C34H42N4/c35-31-16-6-25(7-17-31)2-1-3-30(24-28-12-22-34(38)23-13-28)29(14-4-26-8-18-32(36)19-9-26)15-5-27-10-20-33(37)21-11-27/h6-13,16-23,29-30H,1-5,14-15,24,35-38H2. The van der Waals surface area contributed by atoms with Crippen molar-refractivity contribution in [1.82, 2.24) is 0 Å². The lowest BCUT2D eigenvalue weighted by Gasteiger charge is -2.28. The van der Waals surface area contributed by atoms with E-state index in [0.29, 0.717) is 11.8 Å². The summed E-state index contributed by atoms with van der Waals surface area (Å²) < 4.78 is 0. The second-order valence-corrected chi connectivity index (χ2v) is 10.7. The number of rotatable bonds is 13. The van der Waals surface area contributed by atoms with Gasteiger partial charge in [-0.25, -0.2) is 0 Å². The largest absolute Gasteiger partial charge is 0.399 e. The lowest BCUT2D eigenvalue weighted by Crippen LogP contribution is -2.20. The monoisotopic (exact) mass is 506 g/mol. The van der Waals surface area contributed by atoms with Crippen LogP contribution in [0.5, 0.6) is 0 Å². The van der Waals surface area contributed by atoms with Crippen molar-refractivity contribution in [3.05, 3.63) is 119 Å². The summed E-state index contributed by atoms with van der Waals surface area (Å²) in [6, 6.07) is 33.5. The maximum atomic E-state index is 5.99. The minimum absolute atomic E-state index is 0.579. The number of hydrogen-bond donors (Lipinski definition) is 4. The predicted molar refractivity (Wildman–Crippen MR) is 164 cm³/mol. The van der Waals surface area contributed by atoms with Crippen LogP contribution in [0.1, 0.15) is 47.9 Å². The molecule has 198 valence electrons. The van der Waals surface area contributed by atoms with Crippen molar-refractivity contribution in [3.63, 3.8) is 0 Å². The fraction of sp³-hybridized carbons (Fsp3) is 0.294. The van der Waals surface area contributed by atoms with E-state index in [2.05, 4.69) is 48.5 Å². The second kappa shape index (κ2) is 13.6. The summed E-state index contributed by atoms with van der Waals surface area (Å²) in [4.78, 5) is 0.